The van der Waals surface area contributed by atoms with E-state index in [9.17, 15) is 14.4 Å². The third-order valence-electron chi connectivity index (χ3n) is 6.33. The van der Waals surface area contributed by atoms with Crippen molar-refractivity contribution in [3.8, 4) is 11.5 Å². The van der Waals surface area contributed by atoms with Crippen molar-refractivity contribution in [2.75, 3.05) is 49.6 Å². The zero-order valence-corrected chi connectivity index (χ0v) is 19.2. The quantitative estimate of drug-likeness (QED) is 0.492. The third-order valence-corrected chi connectivity index (χ3v) is 6.33. The van der Waals surface area contributed by atoms with Gasteiger partial charge < -0.3 is 30.7 Å². The first-order valence-electron chi connectivity index (χ1n) is 11.6. The number of hydrogen-bond acceptors (Lipinski definition) is 9. The van der Waals surface area contributed by atoms with Gasteiger partial charge in [0.15, 0.2) is 36.3 Å². The lowest BCUT2D eigenvalue weighted by Crippen LogP contribution is -2.47. The normalized spacial score (nSPS) is 18.2. The highest BCUT2D eigenvalue weighted by Gasteiger charge is 2.29. The molecule has 184 valence electrons. The first-order valence-corrected chi connectivity index (χ1v) is 11.6. The number of anilines is 2. The maximum atomic E-state index is 12.5. The molecular formula is C23H27N7O5. The maximum absolute atomic E-state index is 12.5. The SMILES string of the molecule is NC(=O)c1ccc2c(n1)N(CCN1CCC(NCc3ccc4c(n3)NC(=O)CO4)CC1)C(=O)CO2. The van der Waals surface area contributed by atoms with Crippen molar-refractivity contribution in [3.05, 3.63) is 35.7 Å². The molecule has 12 nitrogen and oxygen atoms in total. The number of amides is 3. The Morgan fingerprint density at radius 3 is 2.63 bits per heavy atom. The van der Waals surface area contributed by atoms with E-state index in [1.165, 1.54) is 6.07 Å². The molecular weight excluding hydrogens is 454 g/mol. The average molecular weight is 482 g/mol. The molecule has 3 amide bonds. The molecule has 0 aromatic carbocycles. The fraction of sp³-hybridized carbons (Fsp3) is 0.435. The second-order valence-corrected chi connectivity index (χ2v) is 8.70. The van der Waals surface area contributed by atoms with E-state index in [0.717, 1.165) is 31.6 Å². The summed E-state index contributed by atoms with van der Waals surface area (Å²) in [6.45, 7) is 3.48. The smallest absolute Gasteiger partial charge is 0.267 e. The van der Waals surface area contributed by atoms with Crippen LogP contribution in [0.3, 0.4) is 0 Å². The Kier molecular flexibility index (Phi) is 6.47. The lowest BCUT2D eigenvalue weighted by molar-refractivity contribution is -0.121. The van der Waals surface area contributed by atoms with Crippen molar-refractivity contribution in [3.63, 3.8) is 0 Å². The van der Waals surface area contributed by atoms with Crippen molar-refractivity contribution in [2.24, 2.45) is 5.73 Å². The maximum Gasteiger partial charge on any atom is 0.267 e. The number of ether oxygens (including phenoxy) is 2. The summed E-state index contributed by atoms with van der Waals surface area (Å²) in [5, 5.41) is 6.27. The van der Waals surface area contributed by atoms with E-state index in [1.807, 2.05) is 12.1 Å². The van der Waals surface area contributed by atoms with Crippen LogP contribution in [0.25, 0.3) is 0 Å². The molecule has 0 radical (unpaired) electrons. The molecule has 3 aliphatic heterocycles. The van der Waals surface area contributed by atoms with Gasteiger partial charge in [-0.05, 0) is 50.2 Å². The van der Waals surface area contributed by atoms with Crippen molar-refractivity contribution >= 4 is 29.4 Å². The van der Waals surface area contributed by atoms with Gasteiger partial charge in [-0.1, -0.05) is 0 Å². The van der Waals surface area contributed by atoms with Gasteiger partial charge in [-0.25, -0.2) is 9.97 Å². The van der Waals surface area contributed by atoms with Crippen LogP contribution >= 0.6 is 0 Å². The zero-order chi connectivity index (χ0) is 24.4. The van der Waals surface area contributed by atoms with Crippen LogP contribution in [0, 0.1) is 0 Å². The Labute approximate surface area is 201 Å². The summed E-state index contributed by atoms with van der Waals surface area (Å²) in [7, 11) is 0. The first-order chi connectivity index (χ1) is 17.0. The minimum atomic E-state index is -0.649. The predicted octanol–water partition coefficient (Wildman–Crippen LogP) is -0.114. The molecule has 0 atom stereocenters. The highest BCUT2D eigenvalue weighted by Crippen LogP contribution is 2.30. The molecule has 0 aliphatic carbocycles. The number of carbonyl (C=O) groups excluding carboxylic acids is 3. The molecule has 2 aromatic rings. The molecule has 4 N–H and O–H groups in total. The minimum Gasteiger partial charge on any atom is -0.480 e. The van der Waals surface area contributed by atoms with E-state index < -0.39 is 5.91 Å². The summed E-state index contributed by atoms with van der Waals surface area (Å²) in [6.07, 6.45) is 1.92. The lowest BCUT2D eigenvalue weighted by Gasteiger charge is -2.35. The fourth-order valence-electron chi connectivity index (χ4n) is 4.40. The fourth-order valence-corrected chi connectivity index (χ4v) is 4.40. The molecule has 0 spiro atoms. The van der Waals surface area contributed by atoms with Crippen LogP contribution in [0.1, 0.15) is 29.0 Å². The number of aromatic nitrogens is 2. The van der Waals surface area contributed by atoms with Gasteiger partial charge in [0.05, 0.1) is 5.69 Å². The molecule has 0 unspecified atom stereocenters. The second kappa shape index (κ2) is 9.84. The van der Waals surface area contributed by atoms with Gasteiger partial charge in [0.25, 0.3) is 17.7 Å². The van der Waals surface area contributed by atoms with E-state index in [1.54, 1.807) is 11.0 Å². The summed E-state index contributed by atoms with van der Waals surface area (Å²) in [4.78, 5) is 48.1. The van der Waals surface area contributed by atoms with E-state index in [-0.39, 0.29) is 30.7 Å². The standard InChI is InChI=1S/C23H27N7O5/c24-21(33)16-2-4-18-23(27-16)30(20(32)13-35-18)10-9-29-7-5-14(6-8-29)25-11-15-1-3-17-22(26-15)28-19(31)12-34-17/h1-4,14,25H,5-13H2,(H2,24,33)(H,26,28,31). The average Bonchev–Trinajstić information content (AvgIpc) is 2.87. The van der Waals surface area contributed by atoms with E-state index in [4.69, 9.17) is 15.2 Å². The van der Waals surface area contributed by atoms with Gasteiger partial charge >= 0.3 is 0 Å². The summed E-state index contributed by atoms with van der Waals surface area (Å²) in [5.41, 5.74) is 6.28. The summed E-state index contributed by atoms with van der Waals surface area (Å²) in [6, 6.07) is 7.19. The highest BCUT2D eigenvalue weighted by molar-refractivity contribution is 5.98. The number of carbonyl (C=O) groups is 3. The summed E-state index contributed by atoms with van der Waals surface area (Å²) in [5.74, 6) is 0.823. The highest BCUT2D eigenvalue weighted by atomic mass is 16.5. The van der Waals surface area contributed by atoms with Gasteiger partial charge in [0.1, 0.15) is 5.69 Å². The zero-order valence-electron chi connectivity index (χ0n) is 19.2. The predicted molar refractivity (Wildman–Crippen MR) is 125 cm³/mol. The Morgan fingerprint density at radius 2 is 1.83 bits per heavy atom. The van der Waals surface area contributed by atoms with Crippen LogP contribution in [0.2, 0.25) is 0 Å². The monoisotopic (exact) mass is 481 g/mol. The lowest BCUT2D eigenvalue weighted by atomic mass is 10.0. The molecule has 0 saturated carbocycles. The van der Waals surface area contributed by atoms with Crippen LogP contribution < -0.4 is 30.7 Å². The van der Waals surface area contributed by atoms with Crippen LogP contribution in [0.15, 0.2) is 24.3 Å². The van der Waals surface area contributed by atoms with Crippen molar-refractivity contribution in [1.82, 2.24) is 20.2 Å². The Balaban J connectivity index is 1.11. The van der Waals surface area contributed by atoms with Crippen LogP contribution in [0.4, 0.5) is 11.6 Å². The number of nitrogens with one attached hydrogen (secondary N) is 2. The van der Waals surface area contributed by atoms with Crippen molar-refractivity contribution < 1.29 is 23.9 Å². The molecule has 3 aliphatic rings. The second-order valence-electron chi connectivity index (χ2n) is 8.70. The van der Waals surface area contributed by atoms with E-state index >= 15 is 0 Å². The van der Waals surface area contributed by atoms with Crippen LogP contribution in [-0.2, 0) is 16.1 Å². The van der Waals surface area contributed by atoms with Gasteiger partial charge in [-0.15, -0.1) is 0 Å². The molecule has 2 aromatic heterocycles. The molecule has 12 heteroatoms. The van der Waals surface area contributed by atoms with Crippen molar-refractivity contribution in [1.29, 1.82) is 0 Å². The van der Waals surface area contributed by atoms with Crippen LogP contribution in [-0.4, -0.2) is 78.0 Å². The van der Waals surface area contributed by atoms with E-state index in [2.05, 4.69) is 25.5 Å². The molecule has 5 heterocycles. The number of nitrogens with two attached hydrogens (primary N) is 1. The van der Waals surface area contributed by atoms with Crippen molar-refractivity contribution in [2.45, 2.75) is 25.4 Å². The number of rotatable bonds is 7. The van der Waals surface area contributed by atoms with Gasteiger partial charge in [0, 0.05) is 25.7 Å². The Morgan fingerprint density at radius 1 is 1.06 bits per heavy atom. The number of likely N-dealkylation sites (tertiary alicyclic amines) is 1. The minimum absolute atomic E-state index is 0.0159. The Bertz CT molecular complexity index is 1150. The topological polar surface area (TPSA) is 152 Å². The van der Waals surface area contributed by atoms with Gasteiger partial charge in [-0.3, -0.25) is 19.3 Å². The number of pyridine rings is 2. The van der Waals surface area contributed by atoms with Crippen LogP contribution in [0.5, 0.6) is 11.5 Å². The molecule has 35 heavy (non-hydrogen) atoms. The number of nitrogens with zero attached hydrogens (tertiary/aromatic N) is 4. The Hall–Kier alpha value is -3.77. The number of hydrogen-bond donors (Lipinski definition) is 3. The largest absolute Gasteiger partial charge is 0.480 e. The summed E-state index contributed by atoms with van der Waals surface area (Å²) < 4.78 is 10.8. The van der Waals surface area contributed by atoms with E-state index in [0.29, 0.717) is 48.8 Å². The molecule has 1 fully saturated rings. The first kappa shape index (κ1) is 23.0. The summed E-state index contributed by atoms with van der Waals surface area (Å²) >= 11 is 0. The molecule has 1 saturated heterocycles. The third kappa shape index (κ3) is 5.17. The van der Waals surface area contributed by atoms with Gasteiger partial charge in [0.2, 0.25) is 0 Å². The number of fused-ring (bicyclic) bond motifs is 2. The number of piperidine rings is 1. The van der Waals surface area contributed by atoms with Gasteiger partial charge in [-0.2, -0.15) is 0 Å². The molecule has 0 bridgehead atoms. The number of primary amides is 1. The molecule has 5 rings (SSSR count).